The van der Waals surface area contributed by atoms with Gasteiger partial charge in [0.1, 0.15) is 17.5 Å². The van der Waals surface area contributed by atoms with E-state index in [0.717, 1.165) is 21.2 Å². The Morgan fingerprint density at radius 2 is 1.76 bits per heavy atom. The summed E-state index contributed by atoms with van der Waals surface area (Å²) in [5.74, 6) is 1.25. The van der Waals surface area contributed by atoms with Gasteiger partial charge in [0.25, 0.3) is 5.91 Å². The van der Waals surface area contributed by atoms with Crippen LogP contribution in [0.5, 0.6) is 11.5 Å². The molecule has 1 atom stereocenters. The van der Waals surface area contributed by atoms with Crippen molar-refractivity contribution in [1.82, 2.24) is 10.2 Å². The van der Waals surface area contributed by atoms with Crippen LogP contribution in [0.2, 0.25) is 0 Å². The number of aryl methyl sites for hydroxylation is 2. The first kappa shape index (κ1) is 26.7. The zero-order chi connectivity index (χ0) is 24.5. The summed E-state index contributed by atoms with van der Waals surface area (Å²) in [6.07, 6.45) is 0.496. The average molecular weight is 519 g/mol. The molecular weight excluding hydrogens is 484 g/mol. The van der Waals surface area contributed by atoms with Crippen molar-refractivity contribution < 1.29 is 19.1 Å². The maximum absolute atomic E-state index is 13.3. The predicted molar refractivity (Wildman–Crippen MR) is 135 cm³/mol. The molecule has 6 nitrogen and oxygen atoms in total. The highest BCUT2D eigenvalue weighted by molar-refractivity contribution is 9.10. The average Bonchev–Trinajstić information content (AvgIpc) is 2.79. The topological polar surface area (TPSA) is 67.9 Å². The van der Waals surface area contributed by atoms with Crippen LogP contribution >= 0.6 is 15.9 Å². The molecular formula is C26H35BrN2O4. The number of hydrogen-bond donors (Lipinski definition) is 1. The summed E-state index contributed by atoms with van der Waals surface area (Å²) in [7, 11) is 1.60. The molecule has 0 saturated carbocycles. The predicted octanol–water partition coefficient (Wildman–Crippen LogP) is 5.03. The van der Waals surface area contributed by atoms with Crippen LogP contribution in [0.1, 0.15) is 43.9 Å². The van der Waals surface area contributed by atoms with Crippen LogP contribution in [0.3, 0.4) is 0 Å². The van der Waals surface area contributed by atoms with E-state index in [1.165, 1.54) is 0 Å². The molecule has 0 aromatic heterocycles. The Morgan fingerprint density at radius 3 is 2.33 bits per heavy atom. The third-order valence-corrected chi connectivity index (χ3v) is 6.58. The van der Waals surface area contributed by atoms with Crippen molar-refractivity contribution in [2.24, 2.45) is 5.92 Å². The van der Waals surface area contributed by atoms with Crippen LogP contribution in [-0.2, 0) is 16.1 Å². The van der Waals surface area contributed by atoms with Crippen LogP contribution in [0, 0.1) is 19.8 Å². The fourth-order valence-corrected chi connectivity index (χ4v) is 3.76. The molecule has 0 spiro atoms. The van der Waals surface area contributed by atoms with Crippen molar-refractivity contribution in [2.75, 3.05) is 20.3 Å². The molecule has 0 fully saturated rings. The van der Waals surface area contributed by atoms with Crippen molar-refractivity contribution in [1.29, 1.82) is 0 Å². The van der Waals surface area contributed by atoms with Crippen LogP contribution < -0.4 is 14.8 Å². The van der Waals surface area contributed by atoms with Crippen molar-refractivity contribution >= 4 is 27.7 Å². The molecule has 0 aliphatic rings. The van der Waals surface area contributed by atoms with Gasteiger partial charge in [0, 0.05) is 17.6 Å². The highest BCUT2D eigenvalue weighted by Crippen LogP contribution is 2.26. The molecule has 2 amide bonds. The van der Waals surface area contributed by atoms with Crippen molar-refractivity contribution in [3.8, 4) is 11.5 Å². The number of halogens is 1. The third-order valence-electron chi connectivity index (χ3n) is 5.33. The fraction of sp³-hybridized carbons (Fsp3) is 0.462. The van der Waals surface area contributed by atoms with Gasteiger partial charge in [-0.2, -0.15) is 0 Å². The second kappa shape index (κ2) is 12.6. The number of nitrogens with one attached hydrogen (secondary N) is 1. The minimum absolute atomic E-state index is 0.154. The molecule has 7 heteroatoms. The van der Waals surface area contributed by atoms with Gasteiger partial charge in [-0.1, -0.05) is 48.8 Å². The Bertz CT molecular complexity index is 938. The van der Waals surface area contributed by atoms with E-state index in [4.69, 9.17) is 9.47 Å². The summed E-state index contributed by atoms with van der Waals surface area (Å²) in [4.78, 5) is 27.9. The lowest BCUT2D eigenvalue weighted by molar-refractivity contribution is -0.143. The molecule has 0 radical (unpaired) electrons. The molecule has 180 valence electrons. The molecule has 0 bridgehead atoms. The van der Waals surface area contributed by atoms with Crippen LogP contribution in [-0.4, -0.2) is 43.0 Å². The highest BCUT2D eigenvalue weighted by atomic mass is 79.9. The van der Waals surface area contributed by atoms with Gasteiger partial charge in [-0.25, -0.2) is 0 Å². The summed E-state index contributed by atoms with van der Waals surface area (Å²) < 4.78 is 12.2. The van der Waals surface area contributed by atoms with E-state index in [1.54, 1.807) is 12.0 Å². The van der Waals surface area contributed by atoms with Gasteiger partial charge in [-0.3, -0.25) is 9.59 Å². The number of hydrogen-bond acceptors (Lipinski definition) is 4. The SMILES string of the molecule is CCC(C(=O)NCC(C)C)N(Cc1cccc(OC)c1)C(=O)COc1cc(C)c(Br)c(C)c1. The first-order valence-electron chi connectivity index (χ1n) is 11.3. The van der Waals surface area contributed by atoms with Gasteiger partial charge in [0.05, 0.1) is 7.11 Å². The van der Waals surface area contributed by atoms with Crippen molar-refractivity contribution in [3.63, 3.8) is 0 Å². The van der Waals surface area contributed by atoms with E-state index in [2.05, 4.69) is 21.2 Å². The van der Waals surface area contributed by atoms with Crippen LogP contribution in [0.4, 0.5) is 0 Å². The van der Waals surface area contributed by atoms with Gasteiger partial charge < -0.3 is 19.7 Å². The van der Waals surface area contributed by atoms with E-state index >= 15 is 0 Å². The van der Waals surface area contributed by atoms with Gasteiger partial charge in [0.15, 0.2) is 6.61 Å². The number of methoxy groups -OCH3 is 1. The van der Waals surface area contributed by atoms with E-state index in [9.17, 15) is 9.59 Å². The molecule has 2 rings (SSSR count). The minimum atomic E-state index is -0.598. The van der Waals surface area contributed by atoms with E-state index in [0.29, 0.717) is 30.4 Å². The summed E-state index contributed by atoms with van der Waals surface area (Å²) in [6, 6.07) is 10.7. The molecule has 1 unspecified atom stereocenters. The minimum Gasteiger partial charge on any atom is -0.497 e. The molecule has 0 heterocycles. The third kappa shape index (κ3) is 7.77. The smallest absolute Gasteiger partial charge is 0.261 e. The van der Waals surface area contributed by atoms with Gasteiger partial charge >= 0.3 is 0 Å². The van der Waals surface area contributed by atoms with E-state index in [-0.39, 0.29) is 25.0 Å². The summed E-state index contributed by atoms with van der Waals surface area (Å²) in [5, 5.41) is 2.97. The van der Waals surface area contributed by atoms with Crippen molar-refractivity contribution in [3.05, 3.63) is 57.6 Å². The monoisotopic (exact) mass is 518 g/mol. The summed E-state index contributed by atoms with van der Waals surface area (Å²) in [6.45, 7) is 10.6. The molecule has 0 aliphatic heterocycles. The lowest BCUT2D eigenvalue weighted by atomic mass is 10.1. The maximum Gasteiger partial charge on any atom is 0.261 e. The number of carbonyl (C=O) groups is 2. The molecule has 2 aromatic carbocycles. The lowest BCUT2D eigenvalue weighted by Gasteiger charge is -2.31. The zero-order valence-corrected chi connectivity index (χ0v) is 22.0. The van der Waals surface area contributed by atoms with Crippen LogP contribution in [0.15, 0.2) is 40.9 Å². The first-order chi connectivity index (χ1) is 15.7. The Morgan fingerprint density at radius 1 is 1.09 bits per heavy atom. The standard InChI is InChI=1S/C26H35BrN2O4/c1-7-23(26(31)28-14-17(2)3)29(15-20-9-8-10-21(13-20)32-6)24(30)16-33-22-11-18(4)25(27)19(5)12-22/h8-13,17,23H,7,14-16H2,1-6H3,(H,28,31). The number of rotatable bonds is 11. The zero-order valence-electron chi connectivity index (χ0n) is 20.4. The Balaban J connectivity index is 2.25. The first-order valence-corrected chi connectivity index (χ1v) is 12.0. The van der Waals surface area contributed by atoms with Gasteiger partial charge in [0.2, 0.25) is 5.91 Å². The fourth-order valence-electron chi connectivity index (χ4n) is 3.53. The van der Waals surface area contributed by atoms with Crippen molar-refractivity contribution in [2.45, 2.75) is 53.6 Å². The molecule has 0 aliphatic carbocycles. The quantitative estimate of drug-likeness (QED) is 0.452. The van der Waals surface area contributed by atoms with Gasteiger partial charge in [-0.15, -0.1) is 0 Å². The second-order valence-electron chi connectivity index (χ2n) is 8.60. The Labute approximate surface area is 205 Å². The molecule has 2 aromatic rings. The Kier molecular flexibility index (Phi) is 10.2. The van der Waals surface area contributed by atoms with E-state index in [1.807, 2.05) is 71.0 Å². The number of amides is 2. The summed E-state index contributed by atoms with van der Waals surface area (Å²) in [5.41, 5.74) is 2.95. The summed E-state index contributed by atoms with van der Waals surface area (Å²) >= 11 is 3.55. The largest absolute Gasteiger partial charge is 0.497 e. The Hall–Kier alpha value is -2.54. The normalized spacial score (nSPS) is 11.8. The number of nitrogens with zero attached hydrogens (tertiary/aromatic N) is 1. The molecule has 1 N–H and O–H groups in total. The number of carbonyl (C=O) groups excluding carboxylic acids is 2. The number of benzene rings is 2. The van der Waals surface area contributed by atoms with E-state index < -0.39 is 6.04 Å². The highest BCUT2D eigenvalue weighted by Gasteiger charge is 2.29. The molecule has 33 heavy (non-hydrogen) atoms. The van der Waals surface area contributed by atoms with Gasteiger partial charge in [-0.05, 0) is 67.1 Å². The maximum atomic E-state index is 13.3. The number of ether oxygens (including phenoxy) is 2. The second-order valence-corrected chi connectivity index (χ2v) is 9.39. The molecule has 0 saturated heterocycles. The lowest BCUT2D eigenvalue weighted by Crippen LogP contribution is -2.50. The van der Waals surface area contributed by atoms with Crippen LogP contribution in [0.25, 0.3) is 0 Å².